The molecule has 0 aliphatic carbocycles. The number of hydrogen-bond donors (Lipinski definition) is 3. The summed E-state index contributed by atoms with van der Waals surface area (Å²) >= 11 is 0. The minimum Gasteiger partial charge on any atom is -0.478 e. The number of carbonyl (C=O) groups is 1. The van der Waals surface area contributed by atoms with Crippen LogP contribution in [-0.2, 0) is 15.0 Å². The fourth-order valence-electron chi connectivity index (χ4n) is 1.18. The van der Waals surface area contributed by atoms with Crippen molar-refractivity contribution in [2.45, 2.75) is 13.3 Å². The Balaban J connectivity index is 2.80. The number of carboxylic acid groups (broad SMARTS) is 1. The Morgan fingerprint density at radius 2 is 2.26 bits per heavy atom. The minimum atomic E-state index is -3.65. The lowest BCUT2D eigenvalue weighted by Crippen LogP contribution is -2.30. The summed E-state index contributed by atoms with van der Waals surface area (Å²) in [7, 11) is -3.65. The average molecular weight is 285 g/mol. The third-order valence-corrected chi connectivity index (χ3v) is 3.05. The summed E-state index contributed by atoms with van der Waals surface area (Å²) < 4.78 is 27.7. The van der Waals surface area contributed by atoms with Crippen LogP contribution in [-0.4, -0.2) is 31.0 Å². The van der Waals surface area contributed by atoms with Crippen LogP contribution in [0.15, 0.2) is 24.4 Å². The molecule has 0 aliphatic rings. The molecule has 104 valence electrons. The molecule has 3 N–H and O–H groups in total. The predicted octanol–water partition coefficient (Wildman–Crippen LogP) is 0.836. The molecular weight excluding hydrogens is 270 g/mol. The van der Waals surface area contributed by atoms with E-state index in [0.29, 0.717) is 18.5 Å². The molecule has 0 spiro atoms. The van der Waals surface area contributed by atoms with Gasteiger partial charge in [-0.25, -0.2) is 9.78 Å². The van der Waals surface area contributed by atoms with Crippen LogP contribution in [0.5, 0.6) is 0 Å². The van der Waals surface area contributed by atoms with Gasteiger partial charge >= 0.3 is 5.97 Å². The Morgan fingerprint density at radius 3 is 2.89 bits per heavy atom. The molecule has 0 fully saturated rings. The molecule has 7 nitrogen and oxygen atoms in total. The van der Waals surface area contributed by atoms with E-state index in [1.807, 2.05) is 6.92 Å². The standard InChI is InChI=1S/C11H15N3O4S/c1-2-6-13-19(17,18)14-10-8-9(5-7-12-10)3-4-11(15)16/h3-5,7-8,13H,2,6H2,1H3,(H,12,14)(H,15,16)/b4-3+. The molecule has 0 saturated carbocycles. The highest BCUT2D eigenvalue weighted by molar-refractivity contribution is 7.90. The first-order chi connectivity index (χ1) is 8.93. The van der Waals surface area contributed by atoms with E-state index in [0.717, 1.165) is 6.08 Å². The van der Waals surface area contributed by atoms with Crippen LogP contribution in [0, 0.1) is 0 Å². The Morgan fingerprint density at radius 1 is 1.53 bits per heavy atom. The summed E-state index contributed by atoms with van der Waals surface area (Å²) in [5, 5.41) is 8.50. The smallest absolute Gasteiger partial charge is 0.328 e. The molecule has 19 heavy (non-hydrogen) atoms. The second kappa shape index (κ2) is 6.86. The molecule has 0 unspecified atom stereocenters. The molecule has 0 aromatic carbocycles. The van der Waals surface area contributed by atoms with Crippen molar-refractivity contribution < 1.29 is 18.3 Å². The van der Waals surface area contributed by atoms with Gasteiger partial charge in [0.05, 0.1) is 0 Å². The molecular formula is C11H15N3O4S. The van der Waals surface area contributed by atoms with Gasteiger partial charge < -0.3 is 5.11 Å². The summed E-state index contributed by atoms with van der Waals surface area (Å²) in [6, 6.07) is 3.00. The van der Waals surface area contributed by atoms with Crippen molar-refractivity contribution in [1.82, 2.24) is 9.71 Å². The lowest BCUT2D eigenvalue weighted by atomic mass is 10.2. The minimum absolute atomic E-state index is 0.121. The molecule has 0 aliphatic heterocycles. The maximum atomic E-state index is 11.6. The van der Waals surface area contributed by atoms with Crippen molar-refractivity contribution >= 4 is 28.1 Å². The molecule has 0 radical (unpaired) electrons. The van der Waals surface area contributed by atoms with E-state index >= 15 is 0 Å². The van der Waals surface area contributed by atoms with Gasteiger partial charge in [-0.3, -0.25) is 4.72 Å². The Hall–Kier alpha value is -1.93. The number of hydrogen-bond acceptors (Lipinski definition) is 4. The largest absolute Gasteiger partial charge is 0.478 e. The maximum absolute atomic E-state index is 11.6. The van der Waals surface area contributed by atoms with Crippen LogP contribution in [0.25, 0.3) is 6.08 Å². The van der Waals surface area contributed by atoms with Crippen molar-refractivity contribution in [3.05, 3.63) is 30.0 Å². The number of carboxylic acids is 1. The Kier molecular flexibility index (Phi) is 5.46. The van der Waals surface area contributed by atoms with Crippen molar-refractivity contribution in [1.29, 1.82) is 0 Å². The SMILES string of the molecule is CCCNS(=O)(=O)Nc1cc(/C=C/C(=O)O)ccn1. The highest BCUT2D eigenvalue weighted by atomic mass is 32.2. The van der Waals surface area contributed by atoms with Crippen LogP contribution in [0.4, 0.5) is 5.82 Å². The molecule has 1 heterocycles. The lowest BCUT2D eigenvalue weighted by molar-refractivity contribution is -0.131. The van der Waals surface area contributed by atoms with Gasteiger partial charge in [-0.15, -0.1) is 0 Å². The summed E-state index contributed by atoms with van der Waals surface area (Å²) in [6.07, 6.45) is 4.37. The monoisotopic (exact) mass is 285 g/mol. The second-order valence-corrected chi connectivity index (χ2v) is 5.15. The summed E-state index contributed by atoms with van der Waals surface area (Å²) in [5.74, 6) is -0.959. The first-order valence-corrected chi connectivity index (χ1v) is 7.05. The van der Waals surface area contributed by atoms with E-state index in [2.05, 4.69) is 14.4 Å². The van der Waals surface area contributed by atoms with E-state index in [4.69, 9.17) is 5.11 Å². The normalized spacial score (nSPS) is 11.6. The first-order valence-electron chi connectivity index (χ1n) is 5.57. The van der Waals surface area contributed by atoms with Gasteiger partial charge in [0.25, 0.3) is 10.2 Å². The van der Waals surface area contributed by atoms with E-state index in [-0.39, 0.29) is 5.82 Å². The highest BCUT2D eigenvalue weighted by Gasteiger charge is 2.09. The zero-order valence-corrected chi connectivity index (χ0v) is 11.1. The molecule has 8 heteroatoms. The molecule has 1 aromatic heterocycles. The number of nitrogens with zero attached hydrogens (tertiary/aromatic N) is 1. The number of aliphatic carboxylic acids is 1. The molecule has 0 atom stereocenters. The van der Waals surface area contributed by atoms with Crippen molar-refractivity contribution in [2.24, 2.45) is 0 Å². The van der Waals surface area contributed by atoms with Crippen LogP contribution in [0.2, 0.25) is 0 Å². The Bertz CT molecular complexity index is 569. The van der Waals surface area contributed by atoms with E-state index in [9.17, 15) is 13.2 Å². The highest BCUT2D eigenvalue weighted by Crippen LogP contribution is 2.09. The number of anilines is 1. The summed E-state index contributed by atoms with van der Waals surface area (Å²) in [4.78, 5) is 14.2. The molecule has 1 rings (SSSR count). The van der Waals surface area contributed by atoms with Gasteiger partial charge in [0.1, 0.15) is 5.82 Å². The van der Waals surface area contributed by atoms with Gasteiger partial charge in [-0.05, 0) is 30.2 Å². The van der Waals surface area contributed by atoms with Crippen LogP contribution >= 0.6 is 0 Å². The predicted molar refractivity (Wildman–Crippen MR) is 71.7 cm³/mol. The van der Waals surface area contributed by atoms with Crippen molar-refractivity contribution in [3.63, 3.8) is 0 Å². The van der Waals surface area contributed by atoms with Gasteiger partial charge in [-0.1, -0.05) is 6.92 Å². The van der Waals surface area contributed by atoms with Gasteiger partial charge in [-0.2, -0.15) is 13.1 Å². The number of aromatic nitrogens is 1. The second-order valence-electron chi connectivity index (χ2n) is 3.65. The van der Waals surface area contributed by atoms with Crippen molar-refractivity contribution in [3.8, 4) is 0 Å². The molecule has 0 amide bonds. The average Bonchev–Trinajstić information content (AvgIpc) is 2.34. The quantitative estimate of drug-likeness (QED) is 0.643. The van der Waals surface area contributed by atoms with Gasteiger partial charge in [0, 0.05) is 18.8 Å². The Labute approximate surface area is 111 Å². The third kappa shape index (κ3) is 5.98. The maximum Gasteiger partial charge on any atom is 0.328 e. The van der Waals surface area contributed by atoms with Crippen LogP contribution in [0.3, 0.4) is 0 Å². The van der Waals surface area contributed by atoms with E-state index in [1.54, 1.807) is 6.07 Å². The molecule has 0 bridgehead atoms. The van der Waals surface area contributed by atoms with Crippen LogP contribution in [0.1, 0.15) is 18.9 Å². The van der Waals surface area contributed by atoms with Crippen LogP contribution < -0.4 is 9.44 Å². The first kappa shape index (κ1) is 15.1. The summed E-state index contributed by atoms with van der Waals surface area (Å²) in [6.45, 7) is 2.17. The fraction of sp³-hybridized carbons (Fsp3) is 0.273. The third-order valence-electron chi connectivity index (χ3n) is 1.98. The molecule has 1 aromatic rings. The topological polar surface area (TPSA) is 108 Å². The zero-order valence-electron chi connectivity index (χ0n) is 10.3. The fourth-order valence-corrected chi connectivity index (χ4v) is 2.12. The van der Waals surface area contributed by atoms with Gasteiger partial charge in [0.15, 0.2) is 0 Å². The van der Waals surface area contributed by atoms with E-state index < -0.39 is 16.2 Å². The number of rotatable bonds is 7. The number of pyridine rings is 1. The lowest BCUT2D eigenvalue weighted by Gasteiger charge is -2.08. The van der Waals surface area contributed by atoms with Gasteiger partial charge in [0.2, 0.25) is 0 Å². The van der Waals surface area contributed by atoms with Crippen molar-refractivity contribution in [2.75, 3.05) is 11.3 Å². The molecule has 0 saturated heterocycles. The zero-order chi connectivity index (χ0) is 14.3. The summed E-state index contributed by atoms with van der Waals surface area (Å²) in [5.41, 5.74) is 0.533. The van der Waals surface area contributed by atoms with E-state index in [1.165, 1.54) is 18.3 Å². The number of nitrogens with one attached hydrogen (secondary N) is 2.